The number of hydrogen-bond acceptors (Lipinski definition) is 5. The Morgan fingerprint density at radius 3 is 2.15 bits per heavy atom. The summed E-state index contributed by atoms with van der Waals surface area (Å²) in [7, 11) is 0. The Bertz CT molecular complexity index is 954. The smallest absolute Gasteiger partial charge is 0.408 e. The van der Waals surface area contributed by atoms with Crippen LogP contribution in [0.3, 0.4) is 0 Å². The van der Waals surface area contributed by atoms with Crippen molar-refractivity contribution in [2.45, 2.75) is 123 Å². The Labute approximate surface area is 233 Å². The first-order valence-electron chi connectivity index (χ1n) is 14.2. The number of nitrogens with one attached hydrogen (secondary N) is 2. The van der Waals surface area contributed by atoms with Crippen molar-refractivity contribution >= 4 is 23.8 Å². The fourth-order valence-corrected chi connectivity index (χ4v) is 4.94. The zero-order valence-corrected chi connectivity index (χ0v) is 24.5. The molecular weight excluding hydrogens is 496 g/mol. The molecule has 4 N–H and O–H groups in total. The van der Waals surface area contributed by atoms with Crippen LogP contribution in [0.25, 0.3) is 0 Å². The zero-order chi connectivity index (χ0) is 29.2. The van der Waals surface area contributed by atoms with Gasteiger partial charge in [0.2, 0.25) is 17.7 Å². The Hall–Kier alpha value is -3.10. The molecule has 9 heteroatoms. The molecule has 0 spiro atoms. The molecule has 218 valence electrons. The molecule has 1 aromatic rings. The highest BCUT2D eigenvalue weighted by Gasteiger charge is 2.40. The third-order valence-electron chi connectivity index (χ3n) is 6.88. The minimum Gasteiger partial charge on any atom is -0.444 e. The zero-order valence-electron chi connectivity index (χ0n) is 24.5. The van der Waals surface area contributed by atoms with E-state index in [1.54, 1.807) is 20.8 Å². The lowest BCUT2D eigenvalue weighted by atomic mass is 9.93. The van der Waals surface area contributed by atoms with Crippen molar-refractivity contribution in [2.75, 3.05) is 0 Å². The Morgan fingerprint density at radius 2 is 1.62 bits per heavy atom. The number of carbonyl (C=O) groups is 4. The molecule has 4 amide bonds. The standard InChI is InChI=1S/C30H48N4O5/c1-20(2)17-18-21(3)34(28(37)24(19-25(31)35)33-29(38)39-30(4,5)6)26(22-13-9-7-10-14-22)27(36)32-23-15-11-8-12-16-23/h7,9-10,13-14,20-21,23-24,26H,8,11-12,15-19H2,1-6H3,(H2,31,35)(H,32,36)(H,33,38). The average molecular weight is 545 g/mol. The van der Waals surface area contributed by atoms with E-state index in [9.17, 15) is 19.2 Å². The highest BCUT2D eigenvalue weighted by molar-refractivity contribution is 5.94. The third-order valence-corrected chi connectivity index (χ3v) is 6.88. The van der Waals surface area contributed by atoms with Crippen molar-refractivity contribution in [3.05, 3.63) is 35.9 Å². The van der Waals surface area contributed by atoms with E-state index < -0.39 is 42.0 Å². The molecular formula is C30H48N4O5. The van der Waals surface area contributed by atoms with Crippen LogP contribution >= 0.6 is 0 Å². The maximum absolute atomic E-state index is 14.2. The Kier molecular flexibility index (Phi) is 12.3. The van der Waals surface area contributed by atoms with Gasteiger partial charge in [0.25, 0.3) is 0 Å². The van der Waals surface area contributed by atoms with Gasteiger partial charge in [-0.25, -0.2) is 4.79 Å². The van der Waals surface area contributed by atoms with Crippen molar-refractivity contribution in [1.29, 1.82) is 0 Å². The SMILES string of the molecule is CC(C)CCC(C)N(C(=O)C(CC(N)=O)NC(=O)OC(C)(C)C)C(C(=O)NC1CCCCC1)c1ccccc1. The molecule has 9 nitrogen and oxygen atoms in total. The van der Waals surface area contributed by atoms with Gasteiger partial charge in [0.05, 0.1) is 6.42 Å². The van der Waals surface area contributed by atoms with Crippen LogP contribution in [0.2, 0.25) is 0 Å². The molecule has 0 bridgehead atoms. The molecule has 1 aliphatic carbocycles. The van der Waals surface area contributed by atoms with Gasteiger partial charge in [-0.05, 0) is 64.9 Å². The van der Waals surface area contributed by atoms with Crippen LogP contribution in [0.5, 0.6) is 0 Å². The van der Waals surface area contributed by atoms with E-state index in [2.05, 4.69) is 24.5 Å². The van der Waals surface area contributed by atoms with Crippen LogP contribution in [0.15, 0.2) is 30.3 Å². The number of amides is 4. The van der Waals surface area contributed by atoms with Crippen molar-refractivity contribution < 1.29 is 23.9 Å². The van der Waals surface area contributed by atoms with Crippen molar-refractivity contribution in [3.8, 4) is 0 Å². The fraction of sp³-hybridized carbons (Fsp3) is 0.667. The number of hydrogen-bond donors (Lipinski definition) is 3. The summed E-state index contributed by atoms with van der Waals surface area (Å²) in [5.74, 6) is -1.18. The van der Waals surface area contributed by atoms with E-state index in [1.165, 1.54) is 4.90 Å². The first-order valence-corrected chi connectivity index (χ1v) is 14.2. The molecule has 1 aliphatic rings. The molecule has 1 fully saturated rings. The molecule has 0 aliphatic heterocycles. The molecule has 3 atom stereocenters. The van der Waals surface area contributed by atoms with Gasteiger partial charge >= 0.3 is 6.09 Å². The third kappa shape index (κ3) is 10.9. The summed E-state index contributed by atoms with van der Waals surface area (Å²) in [6.45, 7) is 11.2. The molecule has 0 aromatic heterocycles. The van der Waals surface area contributed by atoms with Gasteiger partial charge in [0.15, 0.2) is 0 Å². The second-order valence-electron chi connectivity index (χ2n) is 12.1. The maximum atomic E-state index is 14.2. The topological polar surface area (TPSA) is 131 Å². The summed E-state index contributed by atoms with van der Waals surface area (Å²) in [6.07, 6.45) is 5.26. The molecule has 1 aromatic carbocycles. The summed E-state index contributed by atoms with van der Waals surface area (Å²) < 4.78 is 5.36. The minimum atomic E-state index is -1.28. The normalized spacial score (nSPS) is 16.6. The van der Waals surface area contributed by atoms with E-state index >= 15 is 0 Å². The lowest BCUT2D eigenvalue weighted by Gasteiger charge is -2.39. The average Bonchev–Trinajstić information content (AvgIpc) is 2.84. The monoisotopic (exact) mass is 544 g/mol. The van der Waals surface area contributed by atoms with E-state index in [1.807, 2.05) is 37.3 Å². The molecule has 0 radical (unpaired) electrons. The van der Waals surface area contributed by atoms with Crippen molar-refractivity contribution in [2.24, 2.45) is 11.7 Å². The van der Waals surface area contributed by atoms with E-state index in [4.69, 9.17) is 10.5 Å². The Morgan fingerprint density at radius 1 is 1.00 bits per heavy atom. The van der Waals surface area contributed by atoms with Gasteiger partial charge in [-0.3, -0.25) is 14.4 Å². The highest BCUT2D eigenvalue weighted by Crippen LogP contribution is 2.29. The van der Waals surface area contributed by atoms with Gasteiger partial charge in [-0.1, -0.05) is 63.4 Å². The quantitative estimate of drug-likeness (QED) is 0.354. The summed E-state index contributed by atoms with van der Waals surface area (Å²) in [5.41, 5.74) is 5.35. The molecule has 39 heavy (non-hydrogen) atoms. The van der Waals surface area contributed by atoms with Crippen LogP contribution in [-0.2, 0) is 19.1 Å². The van der Waals surface area contributed by atoms with Crippen molar-refractivity contribution in [3.63, 3.8) is 0 Å². The number of nitrogens with two attached hydrogens (primary N) is 1. The van der Waals surface area contributed by atoms with Crippen LogP contribution < -0.4 is 16.4 Å². The van der Waals surface area contributed by atoms with Gasteiger partial charge in [-0.15, -0.1) is 0 Å². The number of benzene rings is 1. The molecule has 3 unspecified atom stereocenters. The van der Waals surface area contributed by atoms with Crippen LogP contribution in [0.4, 0.5) is 4.79 Å². The number of rotatable bonds is 12. The fourth-order valence-electron chi connectivity index (χ4n) is 4.94. The lowest BCUT2D eigenvalue weighted by Crippen LogP contribution is -2.57. The van der Waals surface area contributed by atoms with Crippen LogP contribution in [0.1, 0.15) is 105 Å². The number of carbonyl (C=O) groups excluding carboxylic acids is 4. The number of nitrogens with zero attached hydrogens (tertiary/aromatic N) is 1. The summed E-state index contributed by atoms with van der Waals surface area (Å²) in [6, 6.07) is 6.62. The Balaban J connectivity index is 2.51. The minimum absolute atomic E-state index is 0.0432. The second-order valence-corrected chi connectivity index (χ2v) is 12.1. The van der Waals surface area contributed by atoms with E-state index in [-0.39, 0.29) is 18.0 Å². The number of primary amides is 1. The second kappa shape index (κ2) is 14.9. The van der Waals surface area contributed by atoms with Gasteiger partial charge < -0.3 is 26.0 Å². The largest absolute Gasteiger partial charge is 0.444 e. The van der Waals surface area contributed by atoms with E-state index in [0.717, 1.165) is 38.5 Å². The molecule has 2 rings (SSSR count). The molecule has 0 heterocycles. The van der Waals surface area contributed by atoms with Gasteiger partial charge in [0.1, 0.15) is 17.7 Å². The maximum Gasteiger partial charge on any atom is 0.408 e. The predicted molar refractivity (Wildman–Crippen MR) is 152 cm³/mol. The molecule has 1 saturated carbocycles. The van der Waals surface area contributed by atoms with Gasteiger partial charge in [-0.2, -0.15) is 0 Å². The van der Waals surface area contributed by atoms with Crippen LogP contribution in [0, 0.1) is 5.92 Å². The predicted octanol–water partition coefficient (Wildman–Crippen LogP) is 4.60. The summed E-state index contributed by atoms with van der Waals surface area (Å²) in [5, 5.41) is 5.73. The highest BCUT2D eigenvalue weighted by atomic mass is 16.6. The lowest BCUT2D eigenvalue weighted by molar-refractivity contribution is -0.146. The number of alkyl carbamates (subject to hydrolysis) is 1. The van der Waals surface area contributed by atoms with Crippen LogP contribution in [-0.4, -0.2) is 52.4 Å². The van der Waals surface area contributed by atoms with Gasteiger partial charge in [0, 0.05) is 12.1 Å². The summed E-state index contributed by atoms with van der Waals surface area (Å²) in [4.78, 5) is 54.4. The first kappa shape index (κ1) is 32.1. The first-order chi connectivity index (χ1) is 18.3. The number of ether oxygens (including phenoxy) is 1. The molecule has 0 saturated heterocycles. The summed E-state index contributed by atoms with van der Waals surface area (Å²) >= 11 is 0. The van der Waals surface area contributed by atoms with Crippen molar-refractivity contribution in [1.82, 2.24) is 15.5 Å². The van der Waals surface area contributed by atoms with E-state index in [0.29, 0.717) is 17.9 Å².